The molecule has 2 atom stereocenters. The summed E-state index contributed by atoms with van der Waals surface area (Å²) >= 11 is 1.62. The second-order valence-electron chi connectivity index (χ2n) is 3.86. The Morgan fingerprint density at radius 2 is 1.92 bits per heavy atom. The summed E-state index contributed by atoms with van der Waals surface area (Å²) in [4.78, 5) is 13.8. The van der Waals surface area contributed by atoms with E-state index in [1.54, 1.807) is 11.8 Å². The SMILES string of the molecule is CSCC(=O)N1C(C)CCCC1C. The lowest BCUT2D eigenvalue weighted by Crippen LogP contribution is -2.48. The maximum atomic E-state index is 11.7. The zero-order valence-corrected chi connectivity index (χ0v) is 9.56. The van der Waals surface area contributed by atoms with Crippen LogP contribution < -0.4 is 0 Å². The van der Waals surface area contributed by atoms with E-state index in [1.165, 1.54) is 19.3 Å². The fourth-order valence-corrected chi connectivity index (χ4v) is 2.51. The Morgan fingerprint density at radius 1 is 1.38 bits per heavy atom. The van der Waals surface area contributed by atoms with Crippen LogP contribution in [0, 0.1) is 0 Å². The van der Waals surface area contributed by atoms with Crippen molar-refractivity contribution in [1.82, 2.24) is 4.90 Å². The molecule has 1 rings (SSSR count). The highest BCUT2D eigenvalue weighted by Gasteiger charge is 2.27. The minimum Gasteiger partial charge on any atom is -0.337 e. The number of piperidine rings is 1. The van der Waals surface area contributed by atoms with Gasteiger partial charge in [-0.2, -0.15) is 11.8 Å². The van der Waals surface area contributed by atoms with Gasteiger partial charge in [-0.15, -0.1) is 0 Å². The van der Waals surface area contributed by atoms with E-state index in [0.29, 0.717) is 23.7 Å². The van der Waals surface area contributed by atoms with Crippen LogP contribution in [-0.2, 0) is 4.79 Å². The number of amides is 1. The summed E-state index contributed by atoms with van der Waals surface area (Å²) in [5.74, 6) is 0.946. The zero-order valence-electron chi connectivity index (χ0n) is 8.75. The molecule has 2 unspecified atom stereocenters. The van der Waals surface area contributed by atoms with Crippen LogP contribution in [0.2, 0.25) is 0 Å². The van der Waals surface area contributed by atoms with Crippen molar-refractivity contribution in [2.24, 2.45) is 0 Å². The van der Waals surface area contributed by atoms with Crippen LogP contribution in [-0.4, -0.2) is 34.9 Å². The predicted molar refractivity (Wildman–Crippen MR) is 58.0 cm³/mol. The standard InChI is InChI=1S/C10H19NOS/c1-8-5-4-6-9(2)11(8)10(12)7-13-3/h8-9H,4-7H2,1-3H3. The average Bonchev–Trinajstić information content (AvgIpc) is 2.04. The molecule has 0 N–H and O–H groups in total. The number of thioether (sulfide) groups is 1. The van der Waals surface area contributed by atoms with Crippen LogP contribution in [0.5, 0.6) is 0 Å². The highest BCUT2D eigenvalue weighted by atomic mass is 32.2. The van der Waals surface area contributed by atoms with E-state index in [0.717, 1.165) is 0 Å². The molecule has 76 valence electrons. The van der Waals surface area contributed by atoms with E-state index in [2.05, 4.69) is 18.7 Å². The Bertz CT molecular complexity index is 174. The summed E-state index contributed by atoms with van der Waals surface area (Å²) in [6.45, 7) is 4.32. The quantitative estimate of drug-likeness (QED) is 0.682. The minimum atomic E-state index is 0.312. The maximum Gasteiger partial charge on any atom is 0.233 e. The third kappa shape index (κ3) is 2.63. The molecular formula is C10H19NOS. The Morgan fingerprint density at radius 3 is 2.38 bits per heavy atom. The monoisotopic (exact) mass is 201 g/mol. The van der Waals surface area contributed by atoms with Crippen molar-refractivity contribution in [2.45, 2.75) is 45.2 Å². The summed E-state index contributed by atoms with van der Waals surface area (Å²) in [5.41, 5.74) is 0. The molecule has 1 saturated heterocycles. The molecule has 0 bridgehead atoms. The van der Waals surface area contributed by atoms with Crippen LogP contribution in [0.25, 0.3) is 0 Å². The van der Waals surface area contributed by atoms with Crippen molar-refractivity contribution in [2.75, 3.05) is 12.0 Å². The van der Waals surface area contributed by atoms with Gasteiger partial charge in [0.2, 0.25) is 5.91 Å². The smallest absolute Gasteiger partial charge is 0.233 e. The van der Waals surface area contributed by atoms with Crippen LogP contribution >= 0.6 is 11.8 Å². The van der Waals surface area contributed by atoms with Gasteiger partial charge in [-0.25, -0.2) is 0 Å². The fraction of sp³-hybridized carbons (Fsp3) is 0.900. The molecule has 1 heterocycles. The van der Waals surface area contributed by atoms with Gasteiger partial charge in [-0.1, -0.05) is 0 Å². The second-order valence-corrected chi connectivity index (χ2v) is 4.73. The van der Waals surface area contributed by atoms with Gasteiger partial charge in [0, 0.05) is 12.1 Å². The molecule has 13 heavy (non-hydrogen) atoms. The average molecular weight is 201 g/mol. The normalized spacial score (nSPS) is 29.0. The van der Waals surface area contributed by atoms with E-state index in [9.17, 15) is 4.79 Å². The van der Waals surface area contributed by atoms with E-state index < -0.39 is 0 Å². The molecule has 0 aromatic heterocycles. The first-order valence-corrected chi connectivity index (χ1v) is 6.36. The first-order valence-electron chi connectivity index (χ1n) is 4.97. The molecule has 0 aliphatic carbocycles. The number of carbonyl (C=O) groups is 1. The molecule has 0 radical (unpaired) electrons. The van der Waals surface area contributed by atoms with Crippen molar-refractivity contribution in [1.29, 1.82) is 0 Å². The largest absolute Gasteiger partial charge is 0.337 e. The number of likely N-dealkylation sites (tertiary alicyclic amines) is 1. The summed E-state index contributed by atoms with van der Waals surface area (Å²) < 4.78 is 0. The molecule has 1 aliphatic heterocycles. The van der Waals surface area contributed by atoms with E-state index in [-0.39, 0.29) is 0 Å². The summed E-state index contributed by atoms with van der Waals surface area (Å²) in [6, 6.07) is 0.895. The van der Waals surface area contributed by atoms with Gasteiger partial charge in [0.05, 0.1) is 5.75 Å². The van der Waals surface area contributed by atoms with Gasteiger partial charge in [-0.05, 0) is 39.4 Å². The van der Waals surface area contributed by atoms with Gasteiger partial charge in [0.15, 0.2) is 0 Å². The zero-order chi connectivity index (χ0) is 9.84. The Hall–Kier alpha value is -0.180. The number of hydrogen-bond acceptors (Lipinski definition) is 2. The highest BCUT2D eigenvalue weighted by molar-refractivity contribution is 7.99. The van der Waals surface area contributed by atoms with Gasteiger partial charge >= 0.3 is 0 Å². The molecule has 0 spiro atoms. The molecule has 0 saturated carbocycles. The van der Waals surface area contributed by atoms with Gasteiger partial charge < -0.3 is 4.90 Å². The number of rotatable bonds is 2. The van der Waals surface area contributed by atoms with Crippen LogP contribution in [0.4, 0.5) is 0 Å². The third-order valence-electron chi connectivity index (χ3n) is 2.75. The molecule has 1 amide bonds. The topological polar surface area (TPSA) is 20.3 Å². The molecule has 0 aromatic rings. The third-order valence-corrected chi connectivity index (χ3v) is 3.28. The Balaban J connectivity index is 2.57. The lowest BCUT2D eigenvalue weighted by atomic mass is 9.98. The predicted octanol–water partition coefficient (Wildman–Crippen LogP) is 2.14. The highest BCUT2D eigenvalue weighted by Crippen LogP contribution is 2.22. The van der Waals surface area contributed by atoms with Crippen LogP contribution in [0.3, 0.4) is 0 Å². The number of carbonyl (C=O) groups excluding carboxylic acids is 1. The van der Waals surface area contributed by atoms with Gasteiger partial charge in [-0.3, -0.25) is 4.79 Å². The lowest BCUT2D eigenvalue weighted by molar-refractivity contribution is -0.134. The number of nitrogens with zero attached hydrogens (tertiary/aromatic N) is 1. The molecule has 0 aromatic carbocycles. The molecule has 2 nitrogen and oxygen atoms in total. The van der Waals surface area contributed by atoms with Crippen molar-refractivity contribution >= 4 is 17.7 Å². The summed E-state index contributed by atoms with van der Waals surface area (Å²) in [5, 5.41) is 0. The van der Waals surface area contributed by atoms with Crippen LogP contribution in [0.15, 0.2) is 0 Å². The molecule has 3 heteroatoms. The molecular weight excluding hydrogens is 182 g/mol. The molecule has 1 aliphatic rings. The van der Waals surface area contributed by atoms with E-state index in [1.807, 2.05) is 6.26 Å². The fourth-order valence-electron chi connectivity index (χ4n) is 2.11. The summed E-state index contributed by atoms with van der Waals surface area (Å²) in [7, 11) is 0. The van der Waals surface area contributed by atoms with Crippen molar-refractivity contribution < 1.29 is 4.79 Å². The Kier molecular flexibility index (Phi) is 4.10. The first kappa shape index (κ1) is 10.9. The van der Waals surface area contributed by atoms with Gasteiger partial charge in [0.1, 0.15) is 0 Å². The Labute approximate surface area is 85.1 Å². The van der Waals surface area contributed by atoms with E-state index in [4.69, 9.17) is 0 Å². The van der Waals surface area contributed by atoms with Gasteiger partial charge in [0.25, 0.3) is 0 Å². The minimum absolute atomic E-state index is 0.312. The molecule has 1 fully saturated rings. The lowest BCUT2D eigenvalue weighted by Gasteiger charge is -2.39. The van der Waals surface area contributed by atoms with Crippen molar-refractivity contribution in [3.05, 3.63) is 0 Å². The van der Waals surface area contributed by atoms with E-state index >= 15 is 0 Å². The van der Waals surface area contributed by atoms with Crippen LogP contribution in [0.1, 0.15) is 33.1 Å². The number of hydrogen-bond donors (Lipinski definition) is 0. The first-order chi connectivity index (χ1) is 6.16. The summed E-state index contributed by atoms with van der Waals surface area (Å²) in [6.07, 6.45) is 5.59. The maximum absolute atomic E-state index is 11.7. The second kappa shape index (κ2) is 4.89. The van der Waals surface area contributed by atoms with Crippen molar-refractivity contribution in [3.8, 4) is 0 Å². The van der Waals surface area contributed by atoms with Crippen molar-refractivity contribution in [3.63, 3.8) is 0 Å².